The number of carbonyl (C=O) groups excluding carboxylic acids is 1. The summed E-state index contributed by atoms with van der Waals surface area (Å²) in [5.41, 5.74) is 0.479. The number of urea groups is 1. The summed E-state index contributed by atoms with van der Waals surface area (Å²) in [6, 6.07) is 6.26. The highest BCUT2D eigenvalue weighted by atomic mass is 35.5. The Morgan fingerprint density at radius 3 is 2.37 bits per heavy atom. The van der Waals surface area contributed by atoms with Crippen LogP contribution < -0.4 is 4.90 Å². The number of nitrogens with zero attached hydrogens (tertiary/aromatic N) is 2. The van der Waals surface area contributed by atoms with Crippen molar-refractivity contribution < 1.29 is 14.7 Å². The van der Waals surface area contributed by atoms with Crippen LogP contribution in [0.1, 0.15) is 13.8 Å². The normalized spacial score (nSPS) is 10.1. The molecule has 0 saturated carbocycles. The molecule has 1 aromatic rings. The van der Waals surface area contributed by atoms with Crippen LogP contribution in [0.2, 0.25) is 5.02 Å². The Morgan fingerprint density at radius 1 is 1.26 bits per heavy atom. The smallest absolute Gasteiger partial charge is 0.325 e. The highest BCUT2D eigenvalue weighted by Crippen LogP contribution is 2.20. The van der Waals surface area contributed by atoms with E-state index in [9.17, 15) is 9.59 Å². The Bertz CT molecular complexity index is 461. The summed E-state index contributed by atoms with van der Waals surface area (Å²) in [4.78, 5) is 26.0. The zero-order chi connectivity index (χ0) is 14.4. The lowest BCUT2D eigenvalue weighted by Gasteiger charge is -2.28. The maximum atomic E-state index is 12.3. The monoisotopic (exact) mass is 284 g/mol. The number of carboxylic acid groups (broad SMARTS) is 1. The average Bonchev–Trinajstić information content (AvgIpc) is 2.37. The molecule has 5 nitrogen and oxygen atoms in total. The van der Waals surface area contributed by atoms with Gasteiger partial charge in [-0.05, 0) is 32.0 Å². The van der Waals surface area contributed by atoms with Crippen molar-refractivity contribution in [2.75, 3.05) is 24.5 Å². The molecule has 0 aliphatic carbocycles. The van der Waals surface area contributed by atoms with Crippen molar-refractivity contribution in [3.05, 3.63) is 29.3 Å². The summed E-state index contributed by atoms with van der Waals surface area (Å²) in [6.45, 7) is 4.34. The fraction of sp³-hybridized carbons (Fsp3) is 0.385. The summed E-state index contributed by atoms with van der Waals surface area (Å²) in [5.74, 6) is -1.07. The maximum Gasteiger partial charge on any atom is 0.325 e. The van der Waals surface area contributed by atoms with Gasteiger partial charge in [-0.2, -0.15) is 0 Å². The first-order chi connectivity index (χ1) is 8.99. The van der Waals surface area contributed by atoms with E-state index in [0.717, 1.165) is 0 Å². The van der Waals surface area contributed by atoms with Crippen molar-refractivity contribution in [1.82, 2.24) is 4.90 Å². The highest BCUT2D eigenvalue weighted by Gasteiger charge is 2.22. The van der Waals surface area contributed by atoms with Gasteiger partial charge in [-0.15, -0.1) is 0 Å². The fourth-order valence-corrected chi connectivity index (χ4v) is 1.90. The molecular formula is C13H17ClN2O3. The first-order valence-electron chi connectivity index (χ1n) is 6.03. The fourth-order valence-electron chi connectivity index (χ4n) is 1.71. The zero-order valence-electron chi connectivity index (χ0n) is 11.0. The van der Waals surface area contributed by atoms with Crippen LogP contribution in [-0.4, -0.2) is 41.6 Å². The van der Waals surface area contributed by atoms with Crippen LogP contribution in [0.25, 0.3) is 0 Å². The molecule has 0 spiro atoms. The molecular weight excluding hydrogens is 268 g/mol. The van der Waals surface area contributed by atoms with E-state index in [1.165, 1.54) is 4.90 Å². The van der Waals surface area contributed by atoms with Gasteiger partial charge in [0, 0.05) is 23.8 Å². The number of benzene rings is 1. The van der Waals surface area contributed by atoms with Gasteiger partial charge in [0.15, 0.2) is 0 Å². The van der Waals surface area contributed by atoms with Crippen molar-refractivity contribution in [2.24, 2.45) is 0 Å². The Kier molecular flexibility index (Phi) is 5.63. The number of carboxylic acids is 1. The number of hydrogen-bond donors (Lipinski definition) is 1. The molecule has 0 aliphatic heterocycles. The van der Waals surface area contributed by atoms with E-state index in [1.807, 2.05) is 13.8 Å². The molecule has 104 valence electrons. The van der Waals surface area contributed by atoms with Crippen molar-refractivity contribution in [3.8, 4) is 0 Å². The first-order valence-corrected chi connectivity index (χ1v) is 6.41. The lowest BCUT2D eigenvalue weighted by Crippen LogP contribution is -2.45. The lowest BCUT2D eigenvalue weighted by atomic mass is 10.3. The number of hydrogen-bond acceptors (Lipinski definition) is 2. The van der Waals surface area contributed by atoms with Crippen molar-refractivity contribution in [3.63, 3.8) is 0 Å². The quantitative estimate of drug-likeness (QED) is 0.904. The largest absolute Gasteiger partial charge is 0.480 e. The summed E-state index contributed by atoms with van der Waals surface area (Å²) >= 11 is 5.88. The molecule has 0 atom stereocenters. The van der Waals surface area contributed by atoms with Crippen LogP contribution in [0.15, 0.2) is 24.3 Å². The van der Waals surface area contributed by atoms with Gasteiger partial charge in [-0.3, -0.25) is 9.69 Å². The van der Waals surface area contributed by atoms with E-state index < -0.39 is 12.5 Å². The molecule has 0 bridgehead atoms. The predicted octanol–water partition coefficient (Wildman–Crippen LogP) is 2.69. The van der Waals surface area contributed by atoms with E-state index in [0.29, 0.717) is 23.8 Å². The Hall–Kier alpha value is -1.75. The molecule has 0 aromatic heterocycles. The molecule has 6 heteroatoms. The minimum Gasteiger partial charge on any atom is -0.480 e. The van der Waals surface area contributed by atoms with Gasteiger partial charge in [0.05, 0.1) is 0 Å². The van der Waals surface area contributed by atoms with E-state index in [2.05, 4.69) is 0 Å². The van der Waals surface area contributed by atoms with Crippen LogP contribution in [0, 0.1) is 0 Å². The summed E-state index contributed by atoms with van der Waals surface area (Å²) < 4.78 is 0. The minimum atomic E-state index is -1.07. The van der Waals surface area contributed by atoms with Gasteiger partial charge in [0.1, 0.15) is 6.54 Å². The second kappa shape index (κ2) is 6.99. The third kappa shape index (κ3) is 4.13. The molecule has 0 heterocycles. The topological polar surface area (TPSA) is 60.9 Å². The summed E-state index contributed by atoms with van der Waals surface area (Å²) in [6.07, 6.45) is 0. The number of amides is 2. The molecule has 0 radical (unpaired) electrons. The van der Waals surface area contributed by atoms with Gasteiger partial charge in [0.25, 0.3) is 0 Å². The van der Waals surface area contributed by atoms with E-state index >= 15 is 0 Å². The van der Waals surface area contributed by atoms with Crippen LogP contribution in [-0.2, 0) is 4.79 Å². The number of rotatable bonds is 5. The van der Waals surface area contributed by atoms with E-state index in [1.54, 1.807) is 29.2 Å². The van der Waals surface area contributed by atoms with Crippen LogP contribution >= 0.6 is 11.6 Å². The average molecular weight is 285 g/mol. The maximum absolute atomic E-state index is 12.3. The molecule has 0 aliphatic rings. The Balaban J connectivity index is 3.07. The predicted molar refractivity (Wildman–Crippen MR) is 74.8 cm³/mol. The molecule has 2 amide bonds. The molecule has 0 fully saturated rings. The third-order valence-corrected chi connectivity index (χ3v) is 2.91. The number of aliphatic carboxylic acids is 1. The number of carbonyl (C=O) groups is 2. The molecule has 19 heavy (non-hydrogen) atoms. The second-order valence-corrected chi connectivity index (χ2v) is 4.35. The van der Waals surface area contributed by atoms with Crippen LogP contribution in [0.5, 0.6) is 0 Å². The zero-order valence-corrected chi connectivity index (χ0v) is 11.7. The molecule has 0 unspecified atom stereocenters. The molecule has 1 N–H and O–H groups in total. The SMILES string of the molecule is CCN(CC)C(=O)N(CC(=O)O)c1cccc(Cl)c1. The van der Waals surface area contributed by atoms with Crippen molar-refractivity contribution in [1.29, 1.82) is 0 Å². The highest BCUT2D eigenvalue weighted by molar-refractivity contribution is 6.30. The van der Waals surface area contributed by atoms with E-state index in [4.69, 9.17) is 16.7 Å². The van der Waals surface area contributed by atoms with Gasteiger partial charge in [-0.1, -0.05) is 17.7 Å². The number of anilines is 1. The second-order valence-electron chi connectivity index (χ2n) is 3.91. The van der Waals surface area contributed by atoms with Gasteiger partial charge < -0.3 is 10.0 Å². The molecule has 1 rings (SSSR count). The third-order valence-electron chi connectivity index (χ3n) is 2.68. The Morgan fingerprint density at radius 2 is 1.89 bits per heavy atom. The van der Waals surface area contributed by atoms with E-state index in [-0.39, 0.29) is 6.03 Å². The first kappa shape index (κ1) is 15.3. The van der Waals surface area contributed by atoms with Crippen LogP contribution in [0.4, 0.5) is 10.5 Å². The summed E-state index contributed by atoms with van der Waals surface area (Å²) in [7, 11) is 0. The van der Waals surface area contributed by atoms with Crippen LogP contribution in [0.3, 0.4) is 0 Å². The van der Waals surface area contributed by atoms with Gasteiger partial charge >= 0.3 is 12.0 Å². The lowest BCUT2D eigenvalue weighted by molar-refractivity contribution is -0.135. The molecule has 0 saturated heterocycles. The van der Waals surface area contributed by atoms with Crippen molar-refractivity contribution >= 4 is 29.3 Å². The Labute approximate surface area is 117 Å². The van der Waals surface area contributed by atoms with Crippen molar-refractivity contribution in [2.45, 2.75) is 13.8 Å². The standard InChI is InChI=1S/C13H17ClN2O3/c1-3-15(4-2)13(19)16(9-12(17)18)11-7-5-6-10(14)8-11/h5-8H,3-4,9H2,1-2H3,(H,17,18). The van der Waals surface area contributed by atoms with Gasteiger partial charge in [-0.25, -0.2) is 4.79 Å². The minimum absolute atomic E-state index is 0.338. The number of halogens is 1. The van der Waals surface area contributed by atoms with Gasteiger partial charge in [0.2, 0.25) is 0 Å². The molecule has 1 aromatic carbocycles. The summed E-state index contributed by atoms with van der Waals surface area (Å²) in [5, 5.41) is 9.40.